The highest BCUT2D eigenvalue weighted by Gasteiger charge is 2.86. The van der Waals surface area contributed by atoms with Crippen LogP contribution in [0.25, 0.3) is 0 Å². The first-order valence-electron chi connectivity index (χ1n) is 6.69. The Kier molecular flexibility index (Phi) is 2.55. The van der Waals surface area contributed by atoms with Gasteiger partial charge in [0.2, 0.25) is 11.1 Å². The lowest BCUT2D eigenvalue weighted by molar-refractivity contribution is -0.835. The van der Waals surface area contributed by atoms with Crippen LogP contribution in [0.5, 0.6) is 0 Å². The van der Waals surface area contributed by atoms with Gasteiger partial charge in [0.25, 0.3) is 0 Å². The summed E-state index contributed by atoms with van der Waals surface area (Å²) >= 11 is 0. The van der Waals surface area contributed by atoms with Crippen molar-refractivity contribution in [2.45, 2.75) is 48.8 Å². The molecular formula is C10H12N4O8. The predicted molar refractivity (Wildman–Crippen MR) is 66.2 cm³/mol. The number of hydrogen-bond donors (Lipinski definition) is 0. The van der Waals surface area contributed by atoms with E-state index < -0.39 is 48.3 Å². The summed E-state index contributed by atoms with van der Waals surface area (Å²) in [6, 6.07) is 0. The maximum Gasteiger partial charge on any atom is 0.464 e. The van der Waals surface area contributed by atoms with E-state index in [-0.39, 0.29) is 32.1 Å². The molecule has 0 unspecified atom stereocenters. The maximum absolute atomic E-state index is 11.4. The molecule has 22 heavy (non-hydrogen) atoms. The topological polar surface area (TPSA) is 173 Å². The van der Waals surface area contributed by atoms with Crippen LogP contribution < -0.4 is 0 Å². The molecule has 0 radical (unpaired) electrons. The predicted octanol–water partition coefficient (Wildman–Crippen LogP) is 0.491. The third-order valence-corrected chi connectivity index (χ3v) is 5.72. The zero-order chi connectivity index (χ0) is 16.5. The van der Waals surface area contributed by atoms with Crippen LogP contribution >= 0.6 is 0 Å². The Morgan fingerprint density at radius 3 is 1.18 bits per heavy atom. The van der Waals surface area contributed by atoms with Crippen LogP contribution in [0.15, 0.2) is 0 Å². The van der Waals surface area contributed by atoms with Gasteiger partial charge in [0.1, 0.15) is 11.8 Å². The molecule has 0 aromatic heterocycles. The average molecular weight is 316 g/mol. The fourth-order valence-corrected chi connectivity index (χ4v) is 5.07. The second kappa shape index (κ2) is 3.87. The molecule has 4 aliphatic carbocycles. The van der Waals surface area contributed by atoms with Crippen LogP contribution in [0.3, 0.4) is 0 Å². The molecule has 120 valence electrons. The van der Waals surface area contributed by atoms with Gasteiger partial charge in [0, 0.05) is 35.5 Å². The molecule has 12 nitrogen and oxygen atoms in total. The summed E-state index contributed by atoms with van der Waals surface area (Å²) < 4.78 is 0. The number of nitrogens with zero attached hydrogens (tertiary/aromatic N) is 4. The number of rotatable bonds is 4. The zero-order valence-electron chi connectivity index (χ0n) is 11.2. The largest absolute Gasteiger partial charge is 0.464 e. The van der Waals surface area contributed by atoms with Gasteiger partial charge in [-0.1, -0.05) is 0 Å². The lowest BCUT2D eigenvalue weighted by Gasteiger charge is -2.53. The van der Waals surface area contributed by atoms with E-state index in [1.54, 1.807) is 0 Å². The van der Waals surface area contributed by atoms with E-state index in [1.165, 1.54) is 0 Å². The van der Waals surface area contributed by atoms with Crippen molar-refractivity contribution in [1.82, 2.24) is 0 Å². The Morgan fingerprint density at radius 2 is 0.955 bits per heavy atom. The first kappa shape index (κ1) is 14.5. The van der Waals surface area contributed by atoms with E-state index in [0.29, 0.717) is 0 Å². The molecular weight excluding hydrogens is 304 g/mol. The van der Waals surface area contributed by atoms with Crippen molar-refractivity contribution in [1.29, 1.82) is 0 Å². The summed E-state index contributed by atoms with van der Waals surface area (Å²) in [7, 11) is 0. The van der Waals surface area contributed by atoms with E-state index in [0.717, 1.165) is 0 Å². The highest BCUT2D eigenvalue weighted by molar-refractivity contribution is 5.15. The molecule has 0 N–H and O–H groups in total. The van der Waals surface area contributed by atoms with Crippen molar-refractivity contribution in [2.24, 2.45) is 11.8 Å². The van der Waals surface area contributed by atoms with Crippen molar-refractivity contribution in [3.05, 3.63) is 40.5 Å². The first-order chi connectivity index (χ1) is 10.1. The fraction of sp³-hybridized carbons (Fsp3) is 1.00. The van der Waals surface area contributed by atoms with Gasteiger partial charge in [-0.15, -0.1) is 0 Å². The Balaban J connectivity index is 2.17. The average Bonchev–Trinajstić information content (AvgIpc) is 2.36. The van der Waals surface area contributed by atoms with E-state index in [4.69, 9.17) is 0 Å². The summed E-state index contributed by atoms with van der Waals surface area (Å²) in [4.78, 5) is 42.4. The molecule has 0 aromatic rings. The van der Waals surface area contributed by atoms with Crippen molar-refractivity contribution in [2.75, 3.05) is 0 Å². The van der Waals surface area contributed by atoms with E-state index >= 15 is 0 Å². The fourth-order valence-electron chi connectivity index (χ4n) is 5.07. The second-order valence-corrected chi connectivity index (χ2v) is 6.65. The lowest BCUT2D eigenvalue weighted by Crippen LogP contribution is -2.76. The summed E-state index contributed by atoms with van der Waals surface area (Å²) in [6.45, 7) is 0. The third-order valence-electron chi connectivity index (χ3n) is 5.72. The summed E-state index contributed by atoms with van der Waals surface area (Å²) in [5, 5.41) is 45.7. The van der Waals surface area contributed by atoms with Crippen LogP contribution in [0.1, 0.15) is 32.1 Å². The molecule has 4 bridgehead atoms. The minimum Gasteiger partial charge on any atom is -0.264 e. The van der Waals surface area contributed by atoms with Gasteiger partial charge < -0.3 is 0 Å². The molecule has 12 heteroatoms. The SMILES string of the molecule is O=[N+]([O-])C12CC3CC([N+](=O)[O-])(CC(C1)C3([N+](=O)[O-])[N+](=O)[O-])C2. The Hall–Kier alpha value is -2.40. The Labute approximate surface area is 122 Å². The molecule has 0 amide bonds. The molecule has 4 rings (SSSR count). The normalized spacial score (nSPS) is 41.1. The lowest BCUT2D eigenvalue weighted by atomic mass is 9.46. The van der Waals surface area contributed by atoms with Crippen molar-refractivity contribution in [3.63, 3.8) is 0 Å². The summed E-state index contributed by atoms with van der Waals surface area (Å²) in [6.07, 6.45) is -1.72. The minimum absolute atomic E-state index is 0.307. The molecule has 0 aromatic carbocycles. The van der Waals surface area contributed by atoms with Crippen molar-refractivity contribution >= 4 is 0 Å². The monoisotopic (exact) mass is 316 g/mol. The van der Waals surface area contributed by atoms with Gasteiger partial charge in [-0.3, -0.25) is 40.5 Å². The van der Waals surface area contributed by atoms with Gasteiger partial charge in [-0.2, -0.15) is 0 Å². The van der Waals surface area contributed by atoms with E-state index in [1.807, 2.05) is 0 Å². The van der Waals surface area contributed by atoms with E-state index in [9.17, 15) is 40.5 Å². The smallest absolute Gasteiger partial charge is 0.264 e. The maximum atomic E-state index is 11.4. The Bertz CT molecular complexity index is 554. The van der Waals surface area contributed by atoms with E-state index in [2.05, 4.69) is 0 Å². The molecule has 4 aliphatic rings. The Morgan fingerprint density at radius 1 is 0.636 bits per heavy atom. The van der Waals surface area contributed by atoms with Gasteiger partial charge in [0.15, 0.2) is 0 Å². The van der Waals surface area contributed by atoms with Gasteiger partial charge in [0.05, 0.1) is 16.3 Å². The minimum atomic E-state index is -2.54. The van der Waals surface area contributed by atoms with Crippen molar-refractivity contribution < 1.29 is 19.7 Å². The zero-order valence-corrected chi connectivity index (χ0v) is 11.2. The quantitative estimate of drug-likeness (QED) is 0.409. The molecule has 0 atom stereocenters. The van der Waals surface area contributed by atoms with Crippen LogP contribution in [0.4, 0.5) is 0 Å². The van der Waals surface area contributed by atoms with Crippen LogP contribution in [0, 0.1) is 52.3 Å². The molecule has 0 saturated heterocycles. The van der Waals surface area contributed by atoms with Gasteiger partial charge >= 0.3 is 5.66 Å². The highest BCUT2D eigenvalue weighted by Crippen LogP contribution is 2.64. The number of nitro groups is 4. The third kappa shape index (κ3) is 1.37. The van der Waals surface area contributed by atoms with Crippen molar-refractivity contribution in [3.8, 4) is 0 Å². The molecule has 4 saturated carbocycles. The number of hydrogen-bond acceptors (Lipinski definition) is 8. The summed E-state index contributed by atoms with van der Waals surface area (Å²) in [5.41, 5.74) is -5.86. The second-order valence-electron chi connectivity index (χ2n) is 6.65. The van der Waals surface area contributed by atoms with Crippen LogP contribution in [-0.4, -0.2) is 36.4 Å². The standard InChI is InChI=1S/C10H12N4O8/c15-11(16)8-1-6-2-9(5-8,12(17)18)4-7(3-8)10(6,13(19)20)14(21)22/h6-7H,1-5H2. The molecule has 0 spiro atoms. The molecule has 0 aliphatic heterocycles. The van der Waals surface area contributed by atoms with Gasteiger partial charge in [-0.05, 0) is 0 Å². The van der Waals surface area contributed by atoms with Crippen LogP contribution in [0.2, 0.25) is 0 Å². The highest BCUT2D eigenvalue weighted by atomic mass is 16.7. The molecule has 4 fully saturated rings. The van der Waals surface area contributed by atoms with Gasteiger partial charge in [-0.25, -0.2) is 0 Å². The van der Waals surface area contributed by atoms with Crippen LogP contribution in [-0.2, 0) is 0 Å². The first-order valence-corrected chi connectivity index (χ1v) is 6.69. The molecule has 0 heterocycles. The summed E-state index contributed by atoms with van der Waals surface area (Å²) in [5.74, 6) is -2.59.